The molecule has 0 aliphatic rings. The number of furan rings is 1. The average molecular weight is 639 g/mol. The molecule has 0 bridgehead atoms. The van der Waals surface area contributed by atoms with Gasteiger partial charge in [-0.25, -0.2) is 0 Å². The molecule has 9 heteroatoms. The lowest BCUT2D eigenvalue weighted by molar-refractivity contribution is 0.349. The summed E-state index contributed by atoms with van der Waals surface area (Å²) in [6.45, 7) is 0. The smallest absolute Gasteiger partial charge is 0.204 e. The molecule has 0 aliphatic heterocycles. The molecule has 236 valence electrons. The van der Waals surface area contributed by atoms with Gasteiger partial charge in [0, 0.05) is 32.3 Å². The van der Waals surface area contributed by atoms with Crippen molar-refractivity contribution >= 4 is 43.5 Å². The van der Waals surface area contributed by atoms with E-state index in [2.05, 4.69) is 12.1 Å². The van der Waals surface area contributed by atoms with Crippen LogP contribution < -0.4 is 0 Å². The Hall–Kier alpha value is -6.74. The molecule has 0 saturated heterocycles. The van der Waals surface area contributed by atoms with Gasteiger partial charge >= 0.3 is 0 Å². The zero-order valence-corrected chi connectivity index (χ0v) is 24.9. The number of phenolic OH excluding ortho intramolecular Hbond substituents is 8. The van der Waals surface area contributed by atoms with Crippen LogP contribution in [0.4, 0.5) is 0 Å². The number of rotatable bonds is 4. The number of hydrogen-bond acceptors (Lipinski definition) is 9. The molecule has 0 radical (unpaired) electrons. The van der Waals surface area contributed by atoms with Gasteiger partial charge in [0.1, 0.15) is 11.2 Å². The summed E-state index contributed by atoms with van der Waals surface area (Å²) in [7, 11) is 0. The fraction of sp³-hybridized carbons (Fsp3) is 0.0256. The lowest BCUT2D eigenvalue weighted by atomic mass is 9.90. The second kappa shape index (κ2) is 10.4. The van der Waals surface area contributed by atoms with E-state index in [0.717, 1.165) is 49.8 Å². The van der Waals surface area contributed by atoms with Crippen LogP contribution >= 0.6 is 0 Å². The first-order valence-electron chi connectivity index (χ1n) is 14.9. The normalized spacial score (nSPS) is 11.7. The second-order valence-corrected chi connectivity index (χ2v) is 11.7. The monoisotopic (exact) mass is 638 g/mol. The highest BCUT2D eigenvalue weighted by Crippen LogP contribution is 2.57. The fourth-order valence-electron chi connectivity index (χ4n) is 6.71. The van der Waals surface area contributed by atoms with Crippen LogP contribution in [-0.4, -0.2) is 40.9 Å². The molecule has 0 saturated carbocycles. The third-order valence-electron chi connectivity index (χ3n) is 8.95. The van der Waals surface area contributed by atoms with Crippen LogP contribution in [0.5, 0.6) is 46.0 Å². The molecule has 7 aromatic carbocycles. The molecule has 8 N–H and O–H groups in total. The number of benzene rings is 7. The van der Waals surface area contributed by atoms with Crippen LogP contribution in [0.25, 0.3) is 65.7 Å². The van der Waals surface area contributed by atoms with E-state index in [1.807, 2.05) is 78.9 Å². The molecule has 8 aromatic rings. The number of aromatic hydroxyl groups is 8. The molecule has 1 heterocycles. The van der Waals surface area contributed by atoms with Gasteiger partial charge in [-0.3, -0.25) is 0 Å². The summed E-state index contributed by atoms with van der Waals surface area (Å²) < 4.78 is 6.10. The molecule has 0 aliphatic carbocycles. The zero-order valence-electron chi connectivity index (χ0n) is 24.9. The minimum atomic E-state index is -1.06. The van der Waals surface area contributed by atoms with Crippen LogP contribution in [0.15, 0.2) is 101 Å². The Labute approximate surface area is 271 Å². The Morgan fingerprint density at radius 2 is 0.979 bits per heavy atom. The molecular formula is C39H26O9. The van der Waals surface area contributed by atoms with Gasteiger partial charge in [-0.05, 0) is 64.1 Å². The van der Waals surface area contributed by atoms with Crippen molar-refractivity contribution in [2.75, 3.05) is 0 Å². The average Bonchev–Trinajstić information content (AvgIpc) is 3.50. The Morgan fingerprint density at radius 1 is 0.396 bits per heavy atom. The Morgan fingerprint density at radius 3 is 1.75 bits per heavy atom. The summed E-state index contributed by atoms with van der Waals surface area (Å²) in [5, 5.41) is 85.6. The van der Waals surface area contributed by atoms with E-state index in [-0.39, 0.29) is 33.5 Å². The summed E-state index contributed by atoms with van der Waals surface area (Å²) in [6, 6.07) is 30.9. The maximum Gasteiger partial charge on any atom is 0.204 e. The van der Waals surface area contributed by atoms with Gasteiger partial charge in [0.25, 0.3) is 0 Å². The number of fused-ring (bicyclic) bond motifs is 6. The minimum absolute atomic E-state index is 0.0827. The van der Waals surface area contributed by atoms with Gasteiger partial charge < -0.3 is 45.3 Å². The standard InChI is InChI=1S/C39H26O9/c40-32-25-17-22(28-31(30(25)34(42)38(46)36(32)44)35(43)39(47)37(45)33(28)41)15-18-6-3-7-19(14-18)20-8-4-9-21(16-20)23-11-5-13-27-29(23)24-10-1-2-12-26(24)48-27/h1-14,16-17,40-47H,15H2. The third kappa shape index (κ3) is 4.11. The summed E-state index contributed by atoms with van der Waals surface area (Å²) in [4.78, 5) is 0. The zero-order chi connectivity index (χ0) is 33.4. The highest BCUT2D eigenvalue weighted by molar-refractivity contribution is 6.20. The van der Waals surface area contributed by atoms with Crippen LogP contribution in [0, 0.1) is 0 Å². The Bertz CT molecular complexity index is 2640. The Balaban J connectivity index is 1.27. The summed E-state index contributed by atoms with van der Waals surface area (Å²) in [6.07, 6.45) is 0.0827. The molecule has 9 nitrogen and oxygen atoms in total. The van der Waals surface area contributed by atoms with E-state index in [1.165, 1.54) is 6.07 Å². The summed E-state index contributed by atoms with van der Waals surface area (Å²) in [5.74, 6) is -7.49. The van der Waals surface area contributed by atoms with Crippen molar-refractivity contribution < 1.29 is 45.3 Å². The van der Waals surface area contributed by atoms with Crippen molar-refractivity contribution in [3.05, 3.63) is 108 Å². The lowest BCUT2D eigenvalue weighted by Crippen LogP contribution is -1.95. The van der Waals surface area contributed by atoms with Crippen LogP contribution in [0.3, 0.4) is 0 Å². The highest BCUT2D eigenvalue weighted by Gasteiger charge is 2.28. The van der Waals surface area contributed by atoms with E-state index in [9.17, 15) is 40.9 Å². The topological polar surface area (TPSA) is 175 Å². The quantitative estimate of drug-likeness (QED) is 0.0534. The van der Waals surface area contributed by atoms with Gasteiger partial charge in [0.2, 0.25) is 23.0 Å². The molecule has 0 spiro atoms. The molecule has 0 atom stereocenters. The van der Waals surface area contributed by atoms with Crippen molar-refractivity contribution in [1.29, 1.82) is 0 Å². The van der Waals surface area contributed by atoms with E-state index in [4.69, 9.17) is 4.42 Å². The SMILES string of the molecule is Oc1c(O)c(O)c2c(cc(Cc3cccc(-c4cccc(-c5cccc6oc7ccccc7c56)c4)c3)c3c(O)c(O)c(O)c(O)c32)c1O. The van der Waals surface area contributed by atoms with Crippen LogP contribution in [0.2, 0.25) is 0 Å². The van der Waals surface area contributed by atoms with Gasteiger partial charge in [-0.2, -0.15) is 0 Å². The minimum Gasteiger partial charge on any atom is -0.504 e. The maximum atomic E-state index is 11.0. The lowest BCUT2D eigenvalue weighted by Gasteiger charge is -2.18. The first-order valence-corrected chi connectivity index (χ1v) is 14.9. The molecule has 8 rings (SSSR count). The number of phenols is 8. The van der Waals surface area contributed by atoms with Crippen molar-refractivity contribution in [2.45, 2.75) is 6.42 Å². The molecular weight excluding hydrogens is 612 g/mol. The largest absolute Gasteiger partial charge is 0.504 e. The summed E-state index contributed by atoms with van der Waals surface area (Å²) >= 11 is 0. The number of hydrogen-bond donors (Lipinski definition) is 8. The maximum absolute atomic E-state index is 11.0. The second-order valence-electron chi connectivity index (χ2n) is 11.7. The molecule has 48 heavy (non-hydrogen) atoms. The fourth-order valence-corrected chi connectivity index (χ4v) is 6.71. The first kappa shape index (κ1) is 28.7. The van der Waals surface area contributed by atoms with Gasteiger partial charge in [0.05, 0.1) is 0 Å². The number of para-hydroxylation sites is 1. The molecule has 0 unspecified atom stereocenters. The van der Waals surface area contributed by atoms with Crippen molar-refractivity contribution in [3.63, 3.8) is 0 Å². The van der Waals surface area contributed by atoms with Gasteiger partial charge in [-0.1, -0.05) is 72.8 Å². The molecule has 1 aromatic heterocycles. The van der Waals surface area contributed by atoms with E-state index >= 15 is 0 Å². The van der Waals surface area contributed by atoms with Crippen molar-refractivity contribution in [2.24, 2.45) is 0 Å². The predicted octanol–water partition coefficient (Wildman–Crippen LogP) is 8.46. The van der Waals surface area contributed by atoms with Gasteiger partial charge in [-0.15, -0.1) is 0 Å². The van der Waals surface area contributed by atoms with E-state index in [0.29, 0.717) is 0 Å². The Kier molecular flexibility index (Phi) is 6.22. The molecule has 0 fully saturated rings. The molecule has 0 amide bonds. The predicted molar refractivity (Wildman–Crippen MR) is 182 cm³/mol. The van der Waals surface area contributed by atoms with Gasteiger partial charge in [0.15, 0.2) is 23.0 Å². The van der Waals surface area contributed by atoms with E-state index < -0.39 is 46.0 Å². The van der Waals surface area contributed by atoms with Crippen LogP contribution in [0.1, 0.15) is 11.1 Å². The highest BCUT2D eigenvalue weighted by atomic mass is 16.4. The van der Waals surface area contributed by atoms with Crippen molar-refractivity contribution in [1.82, 2.24) is 0 Å². The van der Waals surface area contributed by atoms with E-state index in [1.54, 1.807) is 0 Å². The van der Waals surface area contributed by atoms with Crippen molar-refractivity contribution in [3.8, 4) is 68.2 Å². The summed E-state index contributed by atoms with van der Waals surface area (Å²) in [5.41, 5.74) is 6.42. The van der Waals surface area contributed by atoms with Crippen LogP contribution in [-0.2, 0) is 6.42 Å². The third-order valence-corrected chi connectivity index (χ3v) is 8.95. The first-order chi connectivity index (χ1) is 23.1.